The van der Waals surface area contributed by atoms with Crippen LogP contribution in [0.5, 0.6) is 0 Å². The van der Waals surface area contributed by atoms with E-state index in [2.05, 4.69) is 39.1 Å². The van der Waals surface area contributed by atoms with Gasteiger partial charge < -0.3 is 0 Å². The molecule has 0 saturated heterocycles. The summed E-state index contributed by atoms with van der Waals surface area (Å²) in [5, 5.41) is 0. The average molecular weight is 244 g/mol. The monoisotopic (exact) mass is 244 g/mol. The van der Waals surface area contributed by atoms with Crippen LogP contribution >= 0.6 is 0 Å². The highest BCUT2D eigenvalue weighted by atomic mass is 14.1. The van der Waals surface area contributed by atoms with Gasteiger partial charge in [-0.05, 0) is 25.0 Å². The minimum atomic E-state index is 1.09. The predicted molar refractivity (Wildman–Crippen MR) is 85.7 cm³/mol. The van der Waals surface area contributed by atoms with Crippen LogP contribution in [-0.2, 0) is 0 Å². The number of unbranched alkanes of at least 4 members (excludes halogenated alkanes) is 3. The lowest BCUT2D eigenvalue weighted by molar-refractivity contribution is 0.702. The summed E-state index contributed by atoms with van der Waals surface area (Å²) >= 11 is 0. The second-order valence-corrected chi connectivity index (χ2v) is 4.81. The van der Waals surface area contributed by atoms with E-state index in [9.17, 15) is 0 Å². The number of hydrogen-bond donors (Lipinski definition) is 0. The van der Waals surface area contributed by atoms with Crippen molar-refractivity contribution in [1.29, 1.82) is 0 Å². The fourth-order valence-corrected chi connectivity index (χ4v) is 1.73. The maximum Gasteiger partial charge on any atom is -0.0158 e. The number of allylic oxidation sites excluding steroid dienone is 2. The van der Waals surface area contributed by atoms with Crippen molar-refractivity contribution >= 4 is 11.1 Å². The maximum absolute atomic E-state index is 3.93. The van der Waals surface area contributed by atoms with Crippen LogP contribution in [0.3, 0.4) is 0 Å². The lowest BCUT2D eigenvalue weighted by Gasteiger charge is -2.07. The van der Waals surface area contributed by atoms with E-state index < -0.39 is 0 Å². The van der Waals surface area contributed by atoms with E-state index in [-0.39, 0.29) is 0 Å². The van der Waals surface area contributed by atoms with Gasteiger partial charge >= 0.3 is 0 Å². The van der Waals surface area contributed by atoms with Gasteiger partial charge in [-0.1, -0.05) is 88.1 Å². The Balaban J connectivity index is 0.000000411. The molecule has 0 N–H and O–H groups in total. The van der Waals surface area contributed by atoms with Crippen LogP contribution in [-0.4, -0.2) is 0 Å². The summed E-state index contributed by atoms with van der Waals surface area (Å²) in [5.41, 5.74) is 4.58. The van der Waals surface area contributed by atoms with Gasteiger partial charge in [-0.25, -0.2) is 0 Å². The van der Waals surface area contributed by atoms with Crippen molar-refractivity contribution in [2.45, 2.75) is 53.4 Å². The van der Waals surface area contributed by atoms with Crippen molar-refractivity contribution in [2.75, 3.05) is 0 Å². The molecule has 0 heteroatoms. The van der Waals surface area contributed by atoms with Crippen molar-refractivity contribution in [1.82, 2.24) is 0 Å². The first kappa shape index (κ1) is 16.7. The van der Waals surface area contributed by atoms with Crippen molar-refractivity contribution < 1.29 is 0 Å². The zero-order valence-corrected chi connectivity index (χ0v) is 12.6. The molecule has 0 bridgehead atoms. The molecule has 0 unspecified atom stereocenters. The van der Waals surface area contributed by atoms with Gasteiger partial charge in [0.25, 0.3) is 0 Å². The van der Waals surface area contributed by atoms with Gasteiger partial charge in [0.05, 0.1) is 0 Å². The molecule has 0 atom stereocenters. The Bertz CT molecular complexity index is 334. The second-order valence-electron chi connectivity index (χ2n) is 4.81. The minimum Gasteiger partial charge on any atom is -0.0955 e. The number of hydrogen-bond acceptors (Lipinski definition) is 0. The summed E-state index contributed by atoms with van der Waals surface area (Å²) in [4.78, 5) is 0. The summed E-state index contributed by atoms with van der Waals surface area (Å²) in [6.07, 6.45) is 5.54. The molecule has 0 saturated carbocycles. The third-order valence-electron chi connectivity index (χ3n) is 2.80. The molecular formula is C18H28. The van der Waals surface area contributed by atoms with Crippen molar-refractivity contribution in [3.8, 4) is 0 Å². The predicted octanol–water partition coefficient (Wildman–Crippen LogP) is 6.34. The highest BCUT2D eigenvalue weighted by molar-refractivity contribution is 5.76. The summed E-state index contributed by atoms with van der Waals surface area (Å²) in [6.45, 7) is 16.3. The molecule has 1 rings (SSSR count). The highest BCUT2D eigenvalue weighted by Crippen LogP contribution is 2.22. The molecule has 100 valence electrons. The van der Waals surface area contributed by atoms with E-state index in [0.717, 1.165) is 11.1 Å². The Morgan fingerprint density at radius 1 is 0.833 bits per heavy atom. The Morgan fingerprint density at radius 3 is 1.39 bits per heavy atom. The van der Waals surface area contributed by atoms with Crippen molar-refractivity contribution in [3.05, 3.63) is 48.6 Å². The third kappa shape index (κ3) is 6.44. The van der Waals surface area contributed by atoms with Crippen molar-refractivity contribution in [3.63, 3.8) is 0 Å². The van der Waals surface area contributed by atoms with Crippen LogP contribution in [0.15, 0.2) is 37.4 Å². The van der Waals surface area contributed by atoms with Crippen LogP contribution in [0.1, 0.15) is 64.5 Å². The van der Waals surface area contributed by atoms with E-state index in [1.54, 1.807) is 0 Å². The Hall–Kier alpha value is -1.30. The molecule has 0 spiro atoms. The van der Waals surface area contributed by atoms with Gasteiger partial charge in [0.1, 0.15) is 0 Å². The zero-order valence-electron chi connectivity index (χ0n) is 12.6. The summed E-state index contributed by atoms with van der Waals surface area (Å²) in [5.74, 6) is 0. The Labute approximate surface area is 113 Å². The molecule has 0 aliphatic rings. The largest absolute Gasteiger partial charge is 0.0955 e. The number of benzene rings is 1. The Morgan fingerprint density at radius 2 is 1.17 bits per heavy atom. The van der Waals surface area contributed by atoms with E-state index >= 15 is 0 Å². The first-order chi connectivity index (χ1) is 8.54. The Kier molecular flexibility index (Phi) is 9.00. The topological polar surface area (TPSA) is 0 Å². The van der Waals surface area contributed by atoms with Crippen LogP contribution < -0.4 is 0 Å². The molecule has 0 radical (unpaired) electrons. The molecule has 0 heterocycles. The highest BCUT2D eigenvalue weighted by Gasteiger charge is 2.01. The standard InChI is InChI=1S/C12H14.C6H14/c1-9(2)11-7-5-6-8-12(11)10(3)4;1-3-5-6-4-2/h5-8H,1,3H2,2,4H3;3-6H2,1-2H3. The van der Waals surface area contributed by atoms with Crippen molar-refractivity contribution in [2.24, 2.45) is 0 Å². The first-order valence-electron chi connectivity index (χ1n) is 6.95. The molecule has 0 fully saturated rings. The number of rotatable bonds is 5. The minimum absolute atomic E-state index is 1.09. The van der Waals surface area contributed by atoms with Gasteiger partial charge in [0, 0.05) is 0 Å². The van der Waals surface area contributed by atoms with E-state index in [1.807, 2.05) is 26.0 Å². The quantitative estimate of drug-likeness (QED) is 0.530. The lowest BCUT2D eigenvalue weighted by atomic mass is 9.98. The van der Waals surface area contributed by atoms with Crippen LogP contribution in [0.2, 0.25) is 0 Å². The van der Waals surface area contributed by atoms with E-state index in [0.29, 0.717) is 0 Å². The summed E-state index contributed by atoms with van der Waals surface area (Å²) in [6, 6.07) is 8.20. The first-order valence-corrected chi connectivity index (χ1v) is 6.95. The van der Waals surface area contributed by atoms with E-state index in [1.165, 1.54) is 36.8 Å². The SMILES string of the molecule is C=C(C)c1ccccc1C(=C)C.CCCCCC. The van der Waals surface area contributed by atoms with Gasteiger partial charge in [-0.2, -0.15) is 0 Å². The molecule has 0 nitrogen and oxygen atoms in total. The molecule has 0 aliphatic heterocycles. The van der Waals surface area contributed by atoms with E-state index in [4.69, 9.17) is 0 Å². The fraction of sp³-hybridized carbons (Fsp3) is 0.444. The smallest absolute Gasteiger partial charge is 0.0158 e. The molecule has 0 amide bonds. The molecule has 1 aromatic carbocycles. The molecular weight excluding hydrogens is 216 g/mol. The van der Waals surface area contributed by atoms with Gasteiger partial charge in [0.2, 0.25) is 0 Å². The molecule has 0 aliphatic carbocycles. The third-order valence-corrected chi connectivity index (χ3v) is 2.80. The summed E-state index contributed by atoms with van der Waals surface area (Å²) < 4.78 is 0. The normalized spacial score (nSPS) is 9.33. The molecule has 0 aromatic heterocycles. The van der Waals surface area contributed by atoms with Gasteiger partial charge in [-0.15, -0.1) is 0 Å². The molecule has 18 heavy (non-hydrogen) atoms. The zero-order chi connectivity index (χ0) is 14.0. The average Bonchev–Trinajstić information content (AvgIpc) is 2.37. The van der Waals surface area contributed by atoms with Gasteiger partial charge in [-0.3, -0.25) is 0 Å². The fourth-order valence-electron chi connectivity index (χ4n) is 1.73. The summed E-state index contributed by atoms with van der Waals surface area (Å²) in [7, 11) is 0. The second kappa shape index (κ2) is 9.70. The lowest BCUT2D eigenvalue weighted by Crippen LogP contribution is -1.86. The maximum atomic E-state index is 3.93. The van der Waals surface area contributed by atoms with Crippen LogP contribution in [0, 0.1) is 0 Å². The van der Waals surface area contributed by atoms with Crippen LogP contribution in [0.4, 0.5) is 0 Å². The molecule has 1 aromatic rings. The van der Waals surface area contributed by atoms with Gasteiger partial charge in [0.15, 0.2) is 0 Å². The van der Waals surface area contributed by atoms with Crippen LogP contribution in [0.25, 0.3) is 11.1 Å².